The fourth-order valence-electron chi connectivity index (χ4n) is 3.96. The van der Waals surface area contributed by atoms with Gasteiger partial charge in [-0.3, -0.25) is 5.01 Å². The molecular formula is C23H32ClFN8S. The lowest BCUT2D eigenvalue weighted by atomic mass is 9.99. The van der Waals surface area contributed by atoms with Gasteiger partial charge in [-0.05, 0) is 50.9 Å². The zero-order chi connectivity index (χ0) is 24.7. The first kappa shape index (κ1) is 26.1. The van der Waals surface area contributed by atoms with Gasteiger partial charge in [0.1, 0.15) is 17.7 Å². The molecule has 2 aliphatic rings. The van der Waals surface area contributed by atoms with E-state index in [1.165, 1.54) is 11.1 Å². The molecule has 0 amide bonds. The number of rotatable bonds is 4. The van der Waals surface area contributed by atoms with Crippen molar-refractivity contribution in [1.29, 1.82) is 0 Å². The van der Waals surface area contributed by atoms with E-state index in [1.54, 1.807) is 23.6 Å². The molecule has 1 fully saturated rings. The van der Waals surface area contributed by atoms with Crippen molar-refractivity contribution in [1.82, 2.24) is 20.3 Å². The Morgan fingerprint density at radius 2 is 1.97 bits per heavy atom. The molecule has 184 valence electrons. The van der Waals surface area contributed by atoms with Crippen molar-refractivity contribution >= 4 is 34.6 Å². The molecule has 2 aromatic heterocycles. The van der Waals surface area contributed by atoms with Crippen LogP contribution in [0.15, 0.2) is 46.6 Å². The molecule has 11 heteroatoms. The predicted octanol–water partition coefficient (Wildman–Crippen LogP) is 4.22. The van der Waals surface area contributed by atoms with Gasteiger partial charge in [-0.1, -0.05) is 31.5 Å². The Balaban J connectivity index is 0.00000158. The maximum atomic E-state index is 14.8. The molecular weight excluding hydrogens is 475 g/mol. The van der Waals surface area contributed by atoms with Crippen molar-refractivity contribution < 1.29 is 4.39 Å². The van der Waals surface area contributed by atoms with Gasteiger partial charge in [0, 0.05) is 23.9 Å². The monoisotopic (exact) mass is 506 g/mol. The van der Waals surface area contributed by atoms with Crippen LogP contribution in [0.1, 0.15) is 56.0 Å². The van der Waals surface area contributed by atoms with Crippen LogP contribution < -0.4 is 22.7 Å². The van der Waals surface area contributed by atoms with Crippen LogP contribution in [0.3, 0.4) is 0 Å². The van der Waals surface area contributed by atoms with Gasteiger partial charge in [0.25, 0.3) is 0 Å². The highest BCUT2D eigenvalue weighted by Gasteiger charge is 2.29. The number of hydrogen-bond donors (Lipinski definition) is 4. The molecule has 7 N–H and O–H groups in total. The number of nitrogens with two attached hydrogens (primary N) is 3. The summed E-state index contributed by atoms with van der Waals surface area (Å²) in [5.74, 6) is 12.2. The minimum absolute atomic E-state index is 0.00858. The number of amidine groups is 1. The van der Waals surface area contributed by atoms with Crippen molar-refractivity contribution in [2.45, 2.75) is 51.5 Å². The Hall–Kier alpha value is -2.53. The summed E-state index contributed by atoms with van der Waals surface area (Å²) in [4.78, 5) is 9.90. The fourth-order valence-corrected chi connectivity index (χ4v) is 5.24. The summed E-state index contributed by atoms with van der Waals surface area (Å²) in [6.07, 6.45) is 10.0. The van der Waals surface area contributed by atoms with E-state index in [4.69, 9.17) is 29.0 Å². The highest BCUT2D eigenvalue weighted by molar-refractivity contribution is 7.15. The zero-order valence-electron chi connectivity index (χ0n) is 19.5. The topological polar surface area (TPSA) is 131 Å². The zero-order valence-corrected chi connectivity index (χ0v) is 21.0. The van der Waals surface area contributed by atoms with Crippen LogP contribution in [0, 0.1) is 0 Å². The molecule has 1 saturated heterocycles. The molecule has 4 rings (SSSR count). The van der Waals surface area contributed by atoms with Crippen LogP contribution in [0.5, 0.6) is 0 Å². The molecule has 2 aromatic rings. The molecule has 1 atom stereocenters. The standard InChI is InChI=1S/C21H26ClFN8S.C2H6/c22-15-3-1-2-4-16(18(15)23)31(26)20(30-25)14-9-13(10-28-19(14)24)17-11-29-21(32-17)12-5-7-27-8-6-12;1-2/h1,3,9-12,16,27H,2,4-8,25-26H2,(H2,24,28);1-2H3/b30-20-;. The maximum Gasteiger partial charge on any atom is 0.173 e. The molecule has 3 heterocycles. The Kier molecular flexibility index (Phi) is 9.40. The number of hydrogen-bond acceptors (Lipinski definition) is 8. The third kappa shape index (κ3) is 5.75. The van der Waals surface area contributed by atoms with Crippen LogP contribution in [0.4, 0.5) is 10.2 Å². The van der Waals surface area contributed by atoms with Crippen molar-refractivity contribution in [3.8, 4) is 10.4 Å². The third-order valence-electron chi connectivity index (χ3n) is 5.75. The van der Waals surface area contributed by atoms with Crippen molar-refractivity contribution in [3.63, 3.8) is 0 Å². The molecule has 0 aromatic carbocycles. The van der Waals surface area contributed by atoms with Gasteiger partial charge in [-0.25, -0.2) is 20.2 Å². The van der Waals surface area contributed by atoms with Gasteiger partial charge in [0.2, 0.25) is 0 Å². The lowest BCUT2D eigenvalue weighted by molar-refractivity contribution is 0.301. The third-order valence-corrected chi connectivity index (χ3v) is 7.27. The number of aromatic nitrogens is 2. The SMILES string of the molecule is CC.N/N=C(/c1cc(-c2cnc(C3CCNCC3)s2)cnc1N)N(N)C1CCC=CC(Cl)=C1F. The number of allylic oxidation sites excluding steroid dienone is 3. The summed E-state index contributed by atoms with van der Waals surface area (Å²) in [6, 6.07) is 0.990. The summed E-state index contributed by atoms with van der Waals surface area (Å²) in [7, 11) is 0. The maximum absolute atomic E-state index is 14.8. The minimum atomic E-state index is -0.822. The van der Waals surface area contributed by atoms with E-state index in [2.05, 4.69) is 20.4 Å². The fraction of sp³-hybridized carbons (Fsp3) is 0.435. The number of hydrazone groups is 1. The Morgan fingerprint density at radius 1 is 1.24 bits per heavy atom. The van der Waals surface area contributed by atoms with Crippen LogP contribution in [0.2, 0.25) is 0 Å². The first-order valence-corrected chi connectivity index (χ1v) is 12.6. The number of anilines is 1. The molecule has 0 spiro atoms. The molecule has 0 bridgehead atoms. The highest BCUT2D eigenvalue weighted by atomic mass is 35.5. The average Bonchev–Trinajstić information content (AvgIpc) is 3.30. The lowest BCUT2D eigenvalue weighted by Gasteiger charge is -2.28. The molecule has 34 heavy (non-hydrogen) atoms. The molecule has 1 aliphatic heterocycles. The van der Waals surface area contributed by atoms with Crippen LogP contribution in [-0.4, -0.2) is 39.9 Å². The summed E-state index contributed by atoms with van der Waals surface area (Å²) in [5.41, 5.74) is 7.37. The number of pyridine rings is 1. The van der Waals surface area contributed by atoms with Crippen molar-refractivity contribution in [2.75, 3.05) is 18.8 Å². The van der Waals surface area contributed by atoms with Gasteiger partial charge in [-0.15, -0.1) is 11.3 Å². The second-order valence-corrected chi connectivity index (χ2v) is 9.26. The molecule has 0 radical (unpaired) electrons. The van der Waals surface area contributed by atoms with Crippen molar-refractivity contribution in [2.24, 2.45) is 16.8 Å². The van der Waals surface area contributed by atoms with Crippen molar-refractivity contribution in [3.05, 3.63) is 52.0 Å². The average molecular weight is 507 g/mol. The smallest absolute Gasteiger partial charge is 0.173 e. The number of halogens is 2. The minimum Gasteiger partial charge on any atom is -0.383 e. The van der Waals surface area contributed by atoms with E-state index in [1.807, 2.05) is 26.1 Å². The van der Waals surface area contributed by atoms with E-state index in [0.717, 1.165) is 41.4 Å². The largest absolute Gasteiger partial charge is 0.383 e. The van der Waals surface area contributed by atoms with E-state index in [9.17, 15) is 4.39 Å². The van der Waals surface area contributed by atoms with Gasteiger partial charge < -0.3 is 16.9 Å². The number of piperidine rings is 1. The highest BCUT2D eigenvalue weighted by Crippen LogP contribution is 2.35. The Labute approximate surface area is 208 Å². The lowest BCUT2D eigenvalue weighted by Crippen LogP contribution is -2.47. The summed E-state index contributed by atoms with van der Waals surface area (Å²) in [5, 5.41) is 9.49. The van der Waals surface area contributed by atoms with E-state index >= 15 is 0 Å². The molecule has 1 aliphatic carbocycles. The second kappa shape index (κ2) is 12.3. The molecule has 1 unspecified atom stereocenters. The number of nitrogen functional groups attached to an aromatic ring is 1. The van der Waals surface area contributed by atoms with Gasteiger partial charge in [0.05, 0.1) is 20.5 Å². The Morgan fingerprint density at radius 3 is 2.68 bits per heavy atom. The quantitative estimate of drug-likeness (QED) is 0.211. The van der Waals surface area contributed by atoms with E-state index in [-0.39, 0.29) is 16.7 Å². The Bertz CT molecular complexity index is 1060. The number of nitrogens with one attached hydrogen (secondary N) is 1. The van der Waals surface area contributed by atoms with Gasteiger partial charge in [-0.2, -0.15) is 5.10 Å². The van der Waals surface area contributed by atoms with E-state index < -0.39 is 11.9 Å². The van der Waals surface area contributed by atoms with E-state index in [0.29, 0.717) is 24.3 Å². The predicted molar refractivity (Wildman–Crippen MR) is 139 cm³/mol. The number of nitrogens with zero attached hydrogens (tertiary/aromatic N) is 4. The van der Waals surface area contributed by atoms with Gasteiger partial charge >= 0.3 is 0 Å². The normalized spacial score (nSPS) is 19.4. The summed E-state index contributed by atoms with van der Waals surface area (Å²) < 4.78 is 14.8. The van der Waals surface area contributed by atoms with Gasteiger partial charge in [0.15, 0.2) is 5.84 Å². The number of hydrazine groups is 1. The summed E-state index contributed by atoms with van der Waals surface area (Å²) >= 11 is 7.66. The first-order valence-electron chi connectivity index (χ1n) is 11.5. The van der Waals surface area contributed by atoms with Crippen LogP contribution in [-0.2, 0) is 0 Å². The second-order valence-electron chi connectivity index (χ2n) is 7.80. The first-order chi connectivity index (χ1) is 16.5. The van der Waals surface area contributed by atoms with Crippen LogP contribution >= 0.6 is 22.9 Å². The summed E-state index contributed by atoms with van der Waals surface area (Å²) in [6.45, 7) is 6.00. The number of thiazole rings is 1. The van der Waals surface area contributed by atoms with Crippen LogP contribution in [0.25, 0.3) is 10.4 Å². The molecule has 0 saturated carbocycles. The molecule has 8 nitrogen and oxygen atoms in total.